The summed E-state index contributed by atoms with van der Waals surface area (Å²) in [5, 5.41) is 9.30. The van der Waals surface area contributed by atoms with Crippen LogP contribution in [0.4, 0.5) is 0 Å². The van der Waals surface area contributed by atoms with Gasteiger partial charge in [-0.25, -0.2) is 4.79 Å². The Kier molecular flexibility index (Phi) is 6.72. The zero-order valence-electron chi connectivity index (χ0n) is 8.60. The number of benzene rings is 1. The molecule has 0 aliphatic carbocycles. The van der Waals surface area contributed by atoms with Crippen molar-refractivity contribution in [1.29, 1.82) is 0 Å². The van der Waals surface area contributed by atoms with Crippen molar-refractivity contribution in [3.05, 3.63) is 29.8 Å². The van der Waals surface area contributed by atoms with Gasteiger partial charge >= 0.3 is 41.5 Å². The van der Waals surface area contributed by atoms with Gasteiger partial charge in [0.15, 0.2) is 0 Å². The fourth-order valence-electron chi connectivity index (χ4n) is 1.04. The minimum atomic E-state index is -0.968. The first-order valence-corrected chi connectivity index (χ1v) is 4.53. The van der Waals surface area contributed by atoms with E-state index in [1.54, 1.807) is 0 Å². The molecular weight excluding hydrogens is 235 g/mol. The number of hydrogen-bond acceptors (Lipinski definition) is 5. The Morgan fingerprint density at radius 2 is 1.82 bits per heavy atom. The summed E-state index contributed by atoms with van der Waals surface area (Å²) in [5.74, 6) is -2.57. The van der Waals surface area contributed by atoms with Gasteiger partial charge in [-0.3, -0.25) is 9.59 Å². The summed E-state index contributed by atoms with van der Waals surface area (Å²) in [4.78, 5) is 32.9. The number of hydrogen-bond donors (Lipinski definition) is 1. The summed E-state index contributed by atoms with van der Waals surface area (Å²) >= 11 is 0. The third-order valence-corrected chi connectivity index (χ3v) is 1.72. The number of aromatic hydroxyl groups is 1. The number of carbonyl (C=O) groups is 3. The molecule has 86 valence electrons. The van der Waals surface area contributed by atoms with Crippen molar-refractivity contribution in [2.75, 3.05) is 0 Å². The molecule has 0 fully saturated rings. The molecular formula is C11H11NaO5. The number of para-hydroxylation sites is 1. The van der Waals surface area contributed by atoms with Gasteiger partial charge in [0.05, 0.1) is 0 Å². The van der Waals surface area contributed by atoms with Crippen molar-refractivity contribution in [3.8, 4) is 5.75 Å². The van der Waals surface area contributed by atoms with Gasteiger partial charge in [-0.1, -0.05) is 12.1 Å². The van der Waals surface area contributed by atoms with Crippen molar-refractivity contribution < 1.29 is 24.2 Å². The fourth-order valence-corrected chi connectivity index (χ4v) is 1.04. The average molecular weight is 246 g/mol. The van der Waals surface area contributed by atoms with Gasteiger partial charge in [0.1, 0.15) is 23.5 Å². The number of phenols is 1. The van der Waals surface area contributed by atoms with Crippen LogP contribution in [0.15, 0.2) is 24.3 Å². The van der Waals surface area contributed by atoms with Crippen LogP contribution in [0.3, 0.4) is 0 Å². The Morgan fingerprint density at radius 3 is 2.35 bits per heavy atom. The molecule has 0 aliphatic heterocycles. The topological polar surface area (TPSA) is 80.7 Å². The number of esters is 2. The first-order chi connectivity index (χ1) is 7.50. The number of rotatable bonds is 3. The molecule has 1 rings (SSSR count). The molecule has 0 saturated heterocycles. The molecule has 1 aromatic carbocycles. The molecule has 0 spiro atoms. The molecule has 0 atom stereocenters. The Balaban J connectivity index is 0.00000256. The number of ether oxygens (including phenoxy) is 1. The normalized spacial score (nSPS) is 9.00. The Bertz CT molecular complexity index is 441. The maximum absolute atomic E-state index is 11.3. The van der Waals surface area contributed by atoms with E-state index in [-0.39, 0.29) is 40.9 Å². The molecule has 0 amide bonds. The predicted molar refractivity (Wildman–Crippen MR) is 61.0 cm³/mol. The van der Waals surface area contributed by atoms with Crippen molar-refractivity contribution in [1.82, 2.24) is 0 Å². The van der Waals surface area contributed by atoms with E-state index >= 15 is 0 Å². The first kappa shape index (κ1) is 15.8. The van der Waals surface area contributed by atoms with E-state index in [0.717, 1.165) is 0 Å². The van der Waals surface area contributed by atoms with E-state index in [1.165, 1.54) is 31.2 Å². The van der Waals surface area contributed by atoms with Crippen molar-refractivity contribution in [3.63, 3.8) is 0 Å². The minimum absolute atomic E-state index is 0. The quantitative estimate of drug-likeness (QED) is 0.474. The van der Waals surface area contributed by atoms with E-state index in [1.807, 2.05) is 0 Å². The molecule has 0 unspecified atom stereocenters. The van der Waals surface area contributed by atoms with E-state index in [4.69, 9.17) is 0 Å². The molecule has 1 aromatic rings. The second-order valence-corrected chi connectivity index (χ2v) is 3.16. The van der Waals surface area contributed by atoms with E-state index in [2.05, 4.69) is 4.74 Å². The number of Topliss-reactive ketones (excluding diaryl/α,β-unsaturated/α-hetero) is 1. The third kappa shape index (κ3) is 5.12. The molecule has 0 heterocycles. The van der Waals surface area contributed by atoms with Crippen LogP contribution in [0.5, 0.6) is 5.75 Å². The van der Waals surface area contributed by atoms with Crippen LogP contribution in [0.2, 0.25) is 0 Å². The fraction of sp³-hybridized carbons (Fsp3) is 0.182. The molecule has 0 aliphatic rings. The summed E-state index contributed by atoms with van der Waals surface area (Å²) in [7, 11) is 0. The van der Waals surface area contributed by atoms with Gasteiger partial charge < -0.3 is 9.84 Å². The molecule has 0 aromatic heterocycles. The number of carbonyl (C=O) groups excluding carboxylic acids is 3. The summed E-state index contributed by atoms with van der Waals surface area (Å²) in [5.41, 5.74) is -0.112. The molecule has 0 saturated carbocycles. The molecule has 1 N–H and O–H groups in total. The van der Waals surface area contributed by atoms with Crippen LogP contribution in [0, 0.1) is 0 Å². The van der Waals surface area contributed by atoms with Gasteiger partial charge in [-0.05, 0) is 19.1 Å². The zero-order chi connectivity index (χ0) is 12.1. The molecule has 6 heteroatoms. The SMILES string of the molecule is CC(=O)CC(=O)OC(=O)c1ccccc1O.[NaH]. The third-order valence-electron chi connectivity index (χ3n) is 1.72. The van der Waals surface area contributed by atoms with Gasteiger partial charge in [0, 0.05) is 0 Å². The maximum atomic E-state index is 11.3. The van der Waals surface area contributed by atoms with E-state index < -0.39 is 24.1 Å². The first-order valence-electron chi connectivity index (χ1n) is 4.53. The predicted octanol–water partition coefficient (Wildman–Crippen LogP) is 0.406. The molecule has 0 radical (unpaired) electrons. The van der Waals surface area contributed by atoms with E-state index in [9.17, 15) is 19.5 Å². The zero-order valence-corrected chi connectivity index (χ0v) is 8.60. The van der Waals surface area contributed by atoms with Gasteiger partial charge in [0.25, 0.3) is 0 Å². The summed E-state index contributed by atoms with van der Waals surface area (Å²) in [6.07, 6.45) is -0.459. The molecule has 17 heavy (non-hydrogen) atoms. The van der Waals surface area contributed by atoms with Crippen molar-refractivity contribution in [2.45, 2.75) is 13.3 Å². The monoisotopic (exact) mass is 246 g/mol. The van der Waals surface area contributed by atoms with Crippen LogP contribution in [0.1, 0.15) is 23.7 Å². The average Bonchev–Trinajstić information content (AvgIpc) is 2.16. The van der Waals surface area contributed by atoms with Crippen molar-refractivity contribution in [2.24, 2.45) is 0 Å². The van der Waals surface area contributed by atoms with Gasteiger partial charge in [0.2, 0.25) is 0 Å². The van der Waals surface area contributed by atoms with Crippen molar-refractivity contribution >= 4 is 47.3 Å². The Hall–Kier alpha value is -1.17. The van der Waals surface area contributed by atoms with Gasteiger partial charge in [-0.15, -0.1) is 0 Å². The van der Waals surface area contributed by atoms with Crippen LogP contribution >= 0.6 is 0 Å². The number of ketones is 1. The molecule has 5 nitrogen and oxygen atoms in total. The van der Waals surface area contributed by atoms with Crippen LogP contribution < -0.4 is 0 Å². The van der Waals surface area contributed by atoms with E-state index in [0.29, 0.717) is 0 Å². The second-order valence-electron chi connectivity index (χ2n) is 3.16. The van der Waals surface area contributed by atoms with Crippen LogP contribution in [-0.2, 0) is 14.3 Å². The summed E-state index contributed by atoms with van der Waals surface area (Å²) in [6.45, 7) is 1.21. The molecule has 0 bridgehead atoms. The Morgan fingerprint density at radius 1 is 1.24 bits per heavy atom. The summed E-state index contributed by atoms with van der Waals surface area (Å²) < 4.78 is 4.37. The number of phenolic OH excluding ortho intramolecular Hbond substituents is 1. The van der Waals surface area contributed by atoms with Crippen LogP contribution in [0.25, 0.3) is 0 Å². The van der Waals surface area contributed by atoms with Crippen LogP contribution in [-0.4, -0.2) is 52.4 Å². The Labute approximate surface area is 120 Å². The standard InChI is InChI=1S/C11H10O5.Na.H/c1-7(12)6-10(14)16-11(15)8-4-2-3-5-9(8)13;;/h2-5,13H,6H2,1H3;;. The summed E-state index contributed by atoms with van der Waals surface area (Å²) in [6, 6.07) is 5.67. The second kappa shape index (κ2) is 7.21. The van der Waals surface area contributed by atoms with Gasteiger partial charge in [-0.2, -0.15) is 0 Å².